The zero-order chi connectivity index (χ0) is 12.3. The lowest BCUT2D eigenvalue weighted by Gasteiger charge is -2.18. The Morgan fingerprint density at radius 1 is 1.24 bits per heavy atom. The Hall–Kier alpha value is -0.610. The van der Waals surface area contributed by atoms with Crippen LogP contribution in [-0.4, -0.2) is 6.10 Å². The van der Waals surface area contributed by atoms with Crippen molar-refractivity contribution in [2.24, 2.45) is 0 Å². The molecule has 0 aliphatic heterocycles. The molecule has 1 unspecified atom stereocenters. The Morgan fingerprint density at radius 3 is 2.71 bits per heavy atom. The minimum absolute atomic E-state index is 0.00190. The lowest BCUT2D eigenvalue weighted by molar-refractivity contribution is 0.226. The van der Waals surface area contributed by atoms with Crippen LogP contribution in [0.1, 0.15) is 19.3 Å². The van der Waals surface area contributed by atoms with Crippen LogP contribution in [0.15, 0.2) is 44.1 Å². The molecule has 0 fully saturated rings. The van der Waals surface area contributed by atoms with Gasteiger partial charge in [-0.3, -0.25) is 4.79 Å². The van der Waals surface area contributed by atoms with Gasteiger partial charge in [0.05, 0.1) is 8.95 Å². The lowest BCUT2D eigenvalue weighted by atomic mass is 10.1. The van der Waals surface area contributed by atoms with Gasteiger partial charge in [0.1, 0.15) is 6.10 Å². The van der Waals surface area contributed by atoms with Gasteiger partial charge in [-0.1, -0.05) is 12.1 Å². The van der Waals surface area contributed by atoms with Crippen molar-refractivity contribution in [3.63, 3.8) is 0 Å². The first-order valence-electron chi connectivity index (χ1n) is 5.50. The van der Waals surface area contributed by atoms with Crippen molar-refractivity contribution in [2.75, 3.05) is 0 Å². The SMILES string of the molecule is O=c1c(Br)cccc(Br)c1OC1C=CCCC1. The molecule has 0 amide bonds. The molecule has 0 N–H and O–H groups in total. The molecular weight excluding hydrogens is 348 g/mol. The van der Waals surface area contributed by atoms with Crippen molar-refractivity contribution >= 4 is 31.9 Å². The minimum Gasteiger partial charge on any atom is -0.481 e. The van der Waals surface area contributed by atoms with Crippen LogP contribution in [0, 0.1) is 0 Å². The molecule has 17 heavy (non-hydrogen) atoms. The van der Waals surface area contributed by atoms with E-state index in [1.165, 1.54) is 0 Å². The molecule has 2 nitrogen and oxygen atoms in total. The number of halogens is 2. The molecule has 0 heterocycles. The van der Waals surface area contributed by atoms with Crippen molar-refractivity contribution in [3.8, 4) is 5.75 Å². The van der Waals surface area contributed by atoms with Gasteiger partial charge in [0, 0.05) is 0 Å². The predicted octanol–water partition coefficient (Wildman–Crippen LogP) is 4.06. The molecule has 1 aliphatic carbocycles. The zero-order valence-corrected chi connectivity index (χ0v) is 12.3. The topological polar surface area (TPSA) is 26.3 Å². The van der Waals surface area contributed by atoms with E-state index < -0.39 is 0 Å². The van der Waals surface area contributed by atoms with E-state index in [1.54, 1.807) is 12.1 Å². The summed E-state index contributed by atoms with van der Waals surface area (Å²) in [5, 5.41) is 0. The summed E-state index contributed by atoms with van der Waals surface area (Å²) in [4.78, 5) is 12.0. The fourth-order valence-corrected chi connectivity index (χ4v) is 2.48. The molecule has 2 rings (SSSR count). The molecule has 1 aliphatic rings. The van der Waals surface area contributed by atoms with E-state index in [0.29, 0.717) is 14.7 Å². The molecule has 0 aromatic heterocycles. The molecule has 0 bridgehead atoms. The van der Waals surface area contributed by atoms with E-state index in [2.05, 4.69) is 37.9 Å². The number of hydrogen-bond donors (Lipinski definition) is 0. The van der Waals surface area contributed by atoms with E-state index >= 15 is 0 Å². The summed E-state index contributed by atoms with van der Waals surface area (Å²) in [5.41, 5.74) is -0.124. The summed E-state index contributed by atoms with van der Waals surface area (Å²) < 4.78 is 6.98. The number of ether oxygens (including phenoxy) is 1. The average molecular weight is 360 g/mol. The van der Waals surface area contributed by atoms with Gasteiger partial charge in [0.2, 0.25) is 5.43 Å². The molecule has 0 saturated heterocycles. The average Bonchev–Trinajstić information content (AvgIpc) is 2.45. The summed E-state index contributed by atoms with van der Waals surface area (Å²) >= 11 is 6.61. The van der Waals surface area contributed by atoms with Crippen LogP contribution < -0.4 is 10.2 Å². The van der Waals surface area contributed by atoms with Gasteiger partial charge in [-0.05, 0) is 69.3 Å². The Bertz CT molecular complexity index is 497. The zero-order valence-electron chi connectivity index (χ0n) is 9.16. The lowest BCUT2D eigenvalue weighted by Crippen LogP contribution is -2.19. The van der Waals surface area contributed by atoms with Crippen LogP contribution in [0.3, 0.4) is 0 Å². The summed E-state index contributed by atoms with van der Waals surface area (Å²) in [6.07, 6.45) is 7.28. The maximum atomic E-state index is 12.0. The molecule has 90 valence electrons. The first kappa shape index (κ1) is 12.8. The number of rotatable bonds is 2. The van der Waals surface area contributed by atoms with Crippen molar-refractivity contribution in [3.05, 3.63) is 49.5 Å². The van der Waals surface area contributed by atoms with Crippen molar-refractivity contribution < 1.29 is 4.74 Å². The standard InChI is InChI=1S/C13H12Br2O2/c14-10-7-4-8-11(15)13(12(10)16)17-9-5-2-1-3-6-9/h2,4-5,7-9H,1,3,6H2. The van der Waals surface area contributed by atoms with Gasteiger partial charge < -0.3 is 4.74 Å². The Labute approximate surface area is 117 Å². The first-order valence-corrected chi connectivity index (χ1v) is 7.09. The highest BCUT2D eigenvalue weighted by Gasteiger charge is 2.14. The third-order valence-electron chi connectivity index (χ3n) is 2.60. The fraction of sp³-hybridized carbons (Fsp3) is 0.308. The van der Waals surface area contributed by atoms with Gasteiger partial charge in [-0.15, -0.1) is 0 Å². The largest absolute Gasteiger partial charge is 0.481 e. The molecule has 0 radical (unpaired) electrons. The molecular formula is C13H12Br2O2. The second-order valence-electron chi connectivity index (χ2n) is 3.90. The summed E-state index contributed by atoms with van der Waals surface area (Å²) in [6, 6.07) is 5.34. The molecule has 1 aromatic rings. The van der Waals surface area contributed by atoms with E-state index in [1.807, 2.05) is 12.1 Å². The molecule has 0 spiro atoms. The van der Waals surface area contributed by atoms with E-state index in [0.717, 1.165) is 19.3 Å². The molecule has 4 heteroatoms. The van der Waals surface area contributed by atoms with Crippen molar-refractivity contribution in [2.45, 2.75) is 25.4 Å². The quantitative estimate of drug-likeness (QED) is 0.744. The van der Waals surface area contributed by atoms with Crippen LogP contribution in [0.4, 0.5) is 0 Å². The third-order valence-corrected chi connectivity index (χ3v) is 3.85. The van der Waals surface area contributed by atoms with Gasteiger partial charge in [0.15, 0.2) is 5.75 Å². The second-order valence-corrected chi connectivity index (χ2v) is 5.60. The summed E-state index contributed by atoms with van der Waals surface area (Å²) in [6.45, 7) is 0. The van der Waals surface area contributed by atoms with Gasteiger partial charge in [0.25, 0.3) is 0 Å². The predicted molar refractivity (Wildman–Crippen MR) is 75.5 cm³/mol. The normalized spacial score (nSPS) is 19.1. The van der Waals surface area contributed by atoms with Crippen LogP contribution in [0.2, 0.25) is 0 Å². The van der Waals surface area contributed by atoms with Crippen molar-refractivity contribution in [1.82, 2.24) is 0 Å². The van der Waals surface area contributed by atoms with Crippen molar-refractivity contribution in [1.29, 1.82) is 0 Å². The van der Waals surface area contributed by atoms with Crippen LogP contribution in [-0.2, 0) is 0 Å². The monoisotopic (exact) mass is 358 g/mol. The maximum absolute atomic E-state index is 12.0. The molecule has 1 aromatic carbocycles. The highest BCUT2D eigenvalue weighted by Crippen LogP contribution is 2.24. The van der Waals surface area contributed by atoms with E-state index in [9.17, 15) is 4.79 Å². The second kappa shape index (κ2) is 5.83. The first-order chi connectivity index (χ1) is 8.18. The van der Waals surface area contributed by atoms with Gasteiger partial charge in [-0.25, -0.2) is 0 Å². The van der Waals surface area contributed by atoms with Crippen LogP contribution in [0.5, 0.6) is 5.75 Å². The smallest absolute Gasteiger partial charge is 0.235 e. The van der Waals surface area contributed by atoms with Gasteiger partial charge in [-0.2, -0.15) is 0 Å². The van der Waals surface area contributed by atoms with E-state index in [-0.39, 0.29) is 11.5 Å². The van der Waals surface area contributed by atoms with E-state index in [4.69, 9.17) is 4.74 Å². The summed E-state index contributed by atoms with van der Waals surface area (Å²) in [7, 11) is 0. The third kappa shape index (κ3) is 3.19. The number of allylic oxidation sites excluding steroid dienone is 1. The highest BCUT2D eigenvalue weighted by atomic mass is 79.9. The van der Waals surface area contributed by atoms with Crippen LogP contribution in [0.25, 0.3) is 0 Å². The Morgan fingerprint density at radius 2 is 2.00 bits per heavy atom. The minimum atomic E-state index is -0.124. The summed E-state index contributed by atoms with van der Waals surface area (Å²) in [5.74, 6) is 0.374. The van der Waals surface area contributed by atoms with Crippen LogP contribution >= 0.6 is 31.9 Å². The fourth-order valence-electron chi connectivity index (χ4n) is 1.73. The number of hydrogen-bond acceptors (Lipinski definition) is 2. The highest BCUT2D eigenvalue weighted by molar-refractivity contribution is 9.11. The molecule has 1 atom stereocenters. The maximum Gasteiger partial charge on any atom is 0.235 e. The van der Waals surface area contributed by atoms with Gasteiger partial charge >= 0.3 is 0 Å². The Balaban J connectivity index is 2.35. The Kier molecular flexibility index (Phi) is 4.40. The molecule has 0 saturated carbocycles.